The summed E-state index contributed by atoms with van der Waals surface area (Å²) in [5.74, 6) is -0.303. The Morgan fingerprint density at radius 2 is 1.07 bits per heavy atom. The van der Waals surface area contributed by atoms with E-state index in [-0.39, 0.29) is 5.97 Å². The van der Waals surface area contributed by atoms with Crippen molar-refractivity contribution in [3.05, 3.63) is 24.8 Å². The van der Waals surface area contributed by atoms with Crippen LogP contribution in [0.4, 0.5) is 0 Å². The van der Waals surface area contributed by atoms with Gasteiger partial charge < -0.3 is 4.74 Å². The standard InChI is InChI=1S/C25H46O2/c1-3-5-6-7-8-9-10-11-12-13-14-15-16-17-18-19-20-21-22-23-24-27-25(26)4-2/h4,11-12H,2-3,5-10,13-24H2,1H3/b12-11-. The summed E-state index contributed by atoms with van der Waals surface area (Å²) in [6.07, 6.45) is 29.9. The molecule has 0 spiro atoms. The van der Waals surface area contributed by atoms with Gasteiger partial charge in [0, 0.05) is 6.08 Å². The molecule has 0 aliphatic rings. The fraction of sp³-hybridized carbons (Fsp3) is 0.800. The van der Waals surface area contributed by atoms with E-state index < -0.39 is 0 Å². The molecule has 158 valence electrons. The van der Waals surface area contributed by atoms with Gasteiger partial charge in [0.25, 0.3) is 0 Å². The van der Waals surface area contributed by atoms with Crippen LogP contribution in [0, 0.1) is 0 Å². The minimum atomic E-state index is -0.303. The van der Waals surface area contributed by atoms with Gasteiger partial charge >= 0.3 is 5.97 Å². The zero-order valence-electron chi connectivity index (χ0n) is 18.2. The Morgan fingerprint density at radius 3 is 1.52 bits per heavy atom. The van der Waals surface area contributed by atoms with E-state index in [0.717, 1.165) is 12.8 Å². The number of rotatable bonds is 21. The van der Waals surface area contributed by atoms with Gasteiger partial charge in [-0.1, -0.05) is 109 Å². The van der Waals surface area contributed by atoms with Crippen molar-refractivity contribution >= 4 is 5.97 Å². The molecule has 0 unspecified atom stereocenters. The molecular weight excluding hydrogens is 332 g/mol. The van der Waals surface area contributed by atoms with E-state index in [9.17, 15) is 4.79 Å². The first-order chi connectivity index (χ1) is 13.3. The van der Waals surface area contributed by atoms with Crippen molar-refractivity contribution in [2.45, 2.75) is 122 Å². The molecule has 0 aromatic rings. The maximum atomic E-state index is 10.9. The third kappa shape index (κ3) is 22.9. The van der Waals surface area contributed by atoms with E-state index in [2.05, 4.69) is 25.7 Å². The van der Waals surface area contributed by atoms with Crippen LogP contribution in [0.1, 0.15) is 122 Å². The normalized spacial score (nSPS) is 11.1. The van der Waals surface area contributed by atoms with Crippen LogP contribution in [-0.4, -0.2) is 12.6 Å². The number of allylic oxidation sites excluding steroid dienone is 2. The summed E-state index contributed by atoms with van der Waals surface area (Å²) < 4.78 is 4.97. The van der Waals surface area contributed by atoms with Crippen LogP contribution < -0.4 is 0 Å². The molecule has 2 nitrogen and oxygen atoms in total. The highest BCUT2D eigenvalue weighted by molar-refractivity contribution is 5.81. The van der Waals surface area contributed by atoms with Crippen molar-refractivity contribution in [2.24, 2.45) is 0 Å². The maximum Gasteiger partial charge on any atom is 0.330 e. The Hall–Kier alpha value is -1.05. The molecule has 0 saturated carbocycles. The number of hydrogen-bond acceptors (Lipinski definition) is 2. The number of carbonyl (C=O) groups is 1. The third-order valence-corrected chi connectivity index (χ3v) is 5.07. The Balaban J connectivity index is 3.09. The van der Waals surface area contributed by atoms with Crippen molar-refractivity contribution < 1.29 is 9.53 Å². The molecule has 0 amide bonds. The maximum absolute atomic E-state index is 10.9. The van der Waals surface area contributed by atoms with Gasteiger partial charge in [0.15, 0.2) is 0 Å². The second-order valence-electron chi connectivity index (χ2n) is 7.72. The first-order valence-electron chi connectivity index (χ1n) is 11.8. The van der Waals surface area contributed by atoms with Gasteiger partial charge in [-0.05, 0) is 32.1 Å². The van der Waals surface area contributed by atoms with Crippen LogP contribution in [-0.2, 0) is 9.53 Å². The van der Waals surface area contributed by atoms with E-state index in [0.29, 0.717) is 6.61 Å². The molecule has 0 fully saturated rings. The van der Waals surface area contributed by atoms with E-state index in [1.807, 2.05) is 0 Å². The van der Waals surface area contributed by atoms with Gasteiger partial charge in [-0.25, -0.2) is 4.79 Å². The molecule has 0 bridgehead atoms. The lowest BCUT2D eigenvalue weighted by molar-refractivity contribution is -0.137. The summed E-state index contributed by atoms with van der Waals surface area (Å²) in [4.78, 5) is 10.9. The number of ether oxygens (including phenoxy) is 1. The van der Waals surface area contributed by atoms with Crippen molar-refractivity contribution in [3.8, 4) is 0 Å². The molecule has 0 atom stereocenters. The average molecular weight is 379 g/mol. The van der Waals surface area contributed by atoms with Gasteiger partial charge in [-0.15, -0.1) is 0 Å². The Labute approximate surface area is 169 Å². The topological polar surface area (TPSA) is 26.3 Å². The van der Waals surface area contributed by atoms with Crippen molar-refractivity contribution in [1.29, 1.82) is 0 Å². The average Bonchev–Trinajstić information content (AvgIpc) is 2.68. The van der Waals surface area contributed by atoms with Crippen LogP contribution >= 0.6 is 0 Å². The molecule has 0 N–H and O–H groups in total. The van der Waals surface area contributed by atoms with E-state index in [1.165, 1.54) is 109 Å². The summed E-state index contributed by atoms with van der Waals surface area (Å²) in [7, 11) is 0. The molecule has 0 aliphatic heterocycles. The summed E-state index contributed by atoms with van der Waals surface area (Å²) >= 11 is 0. The monoisotopic (exact) mass is 378 g/mol. The van der Waals surface area contributed by atoms with Gasteiger partial charge in [-0.2, -0.15) is 0 Å². The number of esters is 1. The second-order valence-corrected chi connectivity index (χ2v) is 7.72. The van der Waals surface area contributed by atoms with Crippen LogP contribution in [0.15, 0.2) is 24.8 Å². The molecule has 0 radical (unpaired) electrons. The quantitative estimate of drug-likeness (QED) is 0.0868. The van der Waals surface area contributed by atoms with Crippen molar-refractivity contribution in [2.75, 3.05) is 6.61 Å². The van der Waals surface area contributed by atoms with Crippen LogP contribution in [0.5, 0.6) is 0 Å². The highest BCUT2D eigenvalue weighted by Gasteiger charge is 1.96. The Kier molecular flexibility index (Phi) is 22.1. The van der Waals surface area contributed by atoms with Gasteiger partial charge in [0.1, 0.15) is 0 Å². The molecule has 0 aromatic heterocycles. The fourth-order valence-electron chi connectivity index (χ4n) is 3.29. The van der Waals surface area contributed by atoms with Gasteiger partial charge in [0.05, 0.1) is 6.61 Å². The fourth-order valence-corrected chi connectivity index (χ4v) is 3.29. The summed E-state index contributed by atoms with van der Waals surface area (Å²) in [5.41, 5.74) is 0. The van der Waals surface area contributed by atoms with Crippen molar-refractivity contribution in [1.82, 2.24) is 0 Å². The molecular formula is C25H46O2. The molecule has 0 aromatic carbocycles. The molecule has 0 saturated heterocycles. The first-order valence-corrected chi connectivity index (χ1v) is 11.8. The Morgan fingerprint density at radius 1 is 0.667 bits per heavy atom. The highest BCUT2D eigenvalue weighted by atomic mass is 16.5. The summed E-state index contributed by atoms with van der Waals surface area (Å²) in [6.45, 7) is 6.21. The molecule has 0 rings (SSSR count). The molecule has 0 aliphatic carbocycles. The largest absolute Gasteiger partial charge is 0.463 e. The lowest BCUT2D eigenvalue weighted by Crippen LogP contribution is -2.01. The van der Waals surface area contributed by atoms with Crippen LogP contribution in [0.3, 0.4) is 0 Å². The smallest absolute Gasteiger partial charge is 0.330 e. The lowest BCUT2D eigenvalue weighted by atomic mass is 10.1. The van der Waals surface area contributed by atoms with Crippen LogP contribution in [0.2, 0.25) is 0 Å². The zero-order valence-corrected chi connectivity index (χ0v) is 18.2. The minimum absolute atomic E-state index is 0.303. The minimum Gasteiger partial charge on any atom is -0.463 e. The van der Waals surface area contributed by atoms with E-state index in [4.69, 9.17) is 4.74 Å². The third-order valence-electron chi connectivity index (χ3n) is 5.07. The van der Waals surface area contributed by atoms with Crippen molar-refractivity contribution in [3.63, 3.8) is 0 Å². The molecule has 2 heteroatoms. The summed E-state index contributed by atoms with van der Waals surface area (Å²) in [5, 5.41) is 0. The van der Waals surface area contributed by atoms with Crippen LogP contribution in [0.25, 0.3) is 0 Å². The predicted molar refractivity (Wildman–Crippen MR) is 119 cm³/mol. The SMILES string of the molecule is C=CC(=O)OCCCCCCCCCCCC/C=C\CCCCCCCC. The zero-order chi connectivity index (χ0) is 19.8. The number of unbranched alkanes of at least 4 members (excludes halogenated alkanes) is 16. The lowest BCUT2D eigenvalue weighted by Gasteiger charge is -2.03. The second kappa shape index (κ2) is 23.0. The molecule has 0 heterocycles. The summed E-state index contributed by atoms with van der Waals surface area (Å²) in [6, 6.07) is 0. The van der Waals surface area contributed by atoms with E-state index >= 15 is 0 Å². The number of carbonyl (C=O) groups excluding carboxylic acids is 1. The number of hydrogen-bond donors (Lipinski definition) is 0. The molecule has 27 heavy (non-hydrogen) atoms. The predicted octanol–water partition coefficient (Wildman–Crippen LogP) is 8.31. The Bertz CT molecular complexity index is 346. The first kappa shape index (κ1) is 26.0. The van der Waals surface area contributed by atoms with Gasteiger partial charge in [0.2, 0.25) is 0 Å². The van der Waals surface area contributed by atoms with E-state index in [1.54, 1.807) is 0 Å². The van der Waals surface area contributed by atoms with Gasteiger partial charge in [-0.3, -0.25) is 0 Å². The highest BCUT2D eigenvalue weighted by Crippen LogP contribution is 2.12.